The van der Waals surface area contributed by atoms with E-state index in [1.54, 1.807) is 17.0 Å². The molecule has 3 rings (SSSR count). The lowest BCUT2D eigenvalue weighted by Crippen LogP contribution is -2.43. The van der Waals surface area contributed by atoms with Gasteiger partial charge in [-0.3, -0.25) is 4.79 Å². The molecule has 2 N–H and O–H groups in total. The van der Waals surface area contributed by atoms with Crippen molar-refractivity contribution in [1.82, 2.24) is 5.32 Å². The third kappa shape index (κ3) is 4.68. The summed E-state index contributed by atoms with van der Waals surface area (Å²) in [6.45, 7) is 6.22. The van der Waals surface area contributed by atoms with E-state index in [4.69, 9.17) is 5.26 Å². The standard InChI is InChI=1S/C22H24N4O2/c1-22(2,3)25-21(28)24-18-9-10-19-17(12-18)8-11-20(27)26(19)14-16-6-4-15(13-23)5-7-16/h4-7,9-10,12H,8,11,14H2,1-3H3,(H2,24,25,28). The number of carbonyl (C=O) groups excluding carboxylic acids is 2. The first-order valence-corrected chi connectivity index (χ1v) is 9.27. The third-order valence-corrected chi connectivity index (χ3v) is 4.45. The van der Waals surface area contributed by atoms with Crippen LogP contribution in [0.25, 0.3) is 0 Å². The van der Waals surface area contributed by atoms with Crippen molar-refractivity contribution >= 4 is 23.3 Å². The van der Waals surface area contributed by atoms with E-state index >= 15 is 0 Å². The number of fused-ring (bicyclic) bond motifs is 1. The molecule has 1 heterocycles. The summed E-state index contributed by atoms with van der Waals surface area (Å²) >= 11 is 0. The molecular formula is C22H24N4O2. The second-order valence-electron chi connectivity index (χ2n) is 7.96. The van der Waals surface area contributed by atoms with Gasteiger partial charge in [-0.05, 0) is 68.7 Å². The minimum atomic E-state index is -0.317. The largest absolute Gasteiger partial charge is 0.333 e. The highest BCUT2D eigenvalue weighted by Crippen LogP contribution is 2.31. The number of aryl methyl sites for hydroxylation is 1. The molecule has 2 aromatic rings. The Balaban J connectivity index is 1.78. The fraction of sp³-hybridized carbons (Fsp3) is 0.318. The number of amides is 3. The van der Waals surface area contributed by atoms with E-state index in [2.05, 4.69) is 16.7 Å². The van der Waals surface area contributed by atoms with Gasteiger partial charge in [0.15, 0.2) is 0 Å². The molecule has 0 fully saturated rings. The average molecular weight is 376 g/mol. The van der Waals surface area contributed by atoms with Crippen molar-refractivity contribution in [2.45, 2.75) is 45.7 Å². The lowest BCUT2D eigenvalue weighted by Gasteiger charge is -2.30. The molecule has 0 aliphatic carbocycles. The maximum atomic E-state index is 12.5. The highest BCUT2D eigenvalue weighted by Gasteiger charge is 2.25. The zero-order valence-electron chi connectivity index (χ0n) is 16.4. The molecule has 0 radical (unpaired) electrons. The molecule has 28 heavy (non-hydrogen) atoms. The summed E-state index contributed by atoms with van der Waals surface area (Å²) in [6, 6.07) is 14.7. The highest BCUT2D eigenvalue weighted by atomic mass is 16.2. The van der Waals surface area contributed by atoms with Gasteiger partial charge in [0, 0.05) is 23.3 Å². The summed E-state index contributed by atoms with van der Waals surface area (Å²) in [4.78, 5) is 26.4. The smallest absolute Gasteiger partial charge is 0.319 e. The predicted molar refractivity (Wildman–Crippen MR) is 109 cm³/mol. The van der Waals surface area contributed by atoms with Crippen molar-refractivity contribution in [2.24, 2.45) is 0 Å². The van der Waals surface area contributed by atoms with Crippen molar-refractivity contribution in [3.05, 3.63) is 59.2 Å². The molecule has 144 valence electrons. The van der Waals surface area contributed by atoms with Crippen LogP contribution < -0.4 is 15.5 Å². The zero-order chi connectivity index (χ0) is 20.3. The van der Waals surface area contributed by atoms with Crippen molar-refractivity contribution in [1.29, 1.82) is 5.26 Å². The van der Waals surface area contributed by atoms with E-state index in [-0.39, 0.29) is 17.5 Å². The van der Waals surface area contributed by atoms with Crippen molar-refractivity contribution in [2.75, 3.05) is 10.2 Å². The average Bonchev–Trinajstić information content (AvgIpc) is 2.63. The number of anilines is 2. The molecule has 0 unspecified atom stereocenters. The van der Waals surface area contributed by atoms with Gasteiger partial charge in [-0.15, -0.1) is 0 Å². The fourth-order valence-electron chi connectivity index (χ4n) is 3.18. The van der Waals surface area contributed by atoms with Gasteiger partial charge < -0.3 is 15.5 Å². The van der Waals surface area contributed by atoms with Crippen LogP contribution in [0, 0.1) is 11.3 Å². The topological polar surface area (TPSA) is 85.2 Å². The van der Waals surface area contributed by atoms with Gasteiger partial charge in [0.1, 0.15) is 0 Å². The maximum Gasteiger partial charge on any atom is 0.319 e. The monoisotopic (exact) mass is 376 g/mol. The second-order valence-corrected chi connectivity index (χ2v) is 7.96. The van der Waals surface area contributed by atoms with E-state index in [0.717, 1.165) is 16.8 Å². The summed E-state index contributed by atoms with van der Waals surface area (Å²) < 4.78 is 0. The Kier molecular flexibility index (Phi) is 5.36. The van der Waals surface area contributed by atoms with Crippen LogP contribution in [-0.2, 0) is 17.8 Å². The maximum absolute atomic E-state index is 12.5. The molecule has 1 aliphatic heterocycles. The number of nitrogens with zero attached hydrogens (tertiary/aromatic N) is 2. The van der Waals surface area contributed by atoms with Crippen LogP contribution in [-0.4, -0.2) is 17.5 Å². The fourth-order valence-corrected chi connectivity index (χ4v) is 3.18. The van der Waals surface area contributed by atoms with Crippen molar-refractivity contribution in [3.8, 4) is 6.07 Å². The molecule has 6 heteroatoms. The van der Waals surface area contributed by atoms with Gasteiger partial charge in [-0.1, -0.05) is 12.1 Å². The second kappa shape index (κ2) is 7.73. The lowest BCUT2D eigenvalue weighted by molar-refractivity contribution is -0.119. The number of hydrogen-bond acceptors (Lipinski definition) is 3. The first-order valence-electron chi connectivity index (χ1n) is 9.27. The molecule has 0 saturated heterocycles. The summed E-state index contributed by atoms with van der Waals surface area (Å²) in [6.07, 6.45) is 1.08. The Morgan fingerprint density at radius 2 is 1.86 bits per heavy atom. The summed E-state index contributed by atoms with van der Waals surface area (Å²) in [7, 11) is 0. The molecule has 0 bridgehead atoms. The van der Waals surface area contributed by atoms with Crippen LogP contribution in [0.4, 0.5) is 16.2 Å². The molecular weight excluding hydrogens is 352 g/mol. The Morgan fingerprint density at radius 3 is 2.50 bits per heavy atom. The van der Waals surface area contributed by atoms with E-state index < -0.39 is 0 Å². The molecule has 3 amide bonds. The normalized spacial score (nSPS) is 13.5. The van der Waals surface area contributed by atoms with E-state index in [1.165, 1.54) is 0 Å². The lowest BCUT2D eigenvalue weighted by atomic mass is 9.99. The molecule has 0 spiro atoms. The minimum absolute atomic E-state index is 0.0723. The molecule has 6 nitrogen and oxygen atoms in total. The number of rotatable bonds is 3. The number of benzene rings is 2. The van der Waals surface area contributed by atoms with E-state index in [0.29, 0.717) is 30.6 Å². The molecule has 0 aromatic heterocycles. The summed E-state index contributed by atoms with van der Waals surface area (Å²) in [5.41, 5.74) is 3.84. The van der Waals surface area contributed by atoms with Gasteiger partial charge >= 0.3 is 6.03 Å². The third-order valence-electron chi connectivity index (χ3n) is 4.45. The van der Waals surface area contributed by atoms with Crippen molar-refractivity contribution in [3.63, 3.8) is 0 Å². The highest BCUT2D eigenvalue weighted by molar-refractivity contribution is 5.97. The van der Waals surface area contributed by atoms with Crippen LogP contribution in [0.2, 0.25) is 0 Å². The Hall–Kier alpha value is -3.33. The van der Waals surface area contributed by atoms with Gasteiger partial charge in [0.05, 0.1) is 18.2 Å². The number of hydrogen-bond donors (Lipinski definition) is 2. The quantitative estimate of drug-likeness (QED) is 0.850. The Bertz CT molecular complexity index is 936. The van der Waals surface area contributed by atoms with Crippen molar-refractivity contribution < 1.29 is 9.59 Å². The van der Waals surface area contributed by atoms with Crippen LogP contribution in [0.15, 0.2) is 42.5 Å². The molecule has 2 aromatic carbocycles. The van der Waals surface area contributed by atoms with Crippen LogP contribution in [0.1, 0.15) is 43.9 Å². The van der Waals surface area contributed by atoms with Crippen LogP contribution in [0.3, 0.4) is 0 Å². The van der Waals surface area contributed by atoms with Crippen LogP contribution in [0.5, 0.6) is 0 Å². The van der Waals surface area contributed by atoms with Gasteiger partial charge in [-0.25, -0.2) is 4.79 Å². The molecule has 0 saturated carbocycles. The first kappa shape index (κ1) is 19.4. The molecule has 0 atom stereocenters. The van der Waals surface area contributed by atoms with Gasteiger partial charge in [0.25, 0.3) is 0 Å². The molecule has 1 aliphatic rings. The van der Waals surface area contributed by atoms with Gasteiger partial charge in [-0.2, -0.15) is 5.26 Å². The SMILES string of the molecule is CC(C)(C)NC(=O)Nc1ccc2c(c1)CCC(=O)N2Cc1ccc(C#N)cc1. The van der Waals surface area contributed by atoms with Gasteiger partial charge in [0.2, 0.25) is 5.91 Å². The van der Waals surface area contributed by atoms with Crippen LogP contribution >= 0.6 is 0 Å². The zero-order valence-corrected chi connectivity index (χ0v) is 16.4. The summed E-state index contributed by atoms with van der Waals surface area (Å²) in [5, 5.41) is 14.6. The Morgan fingerprint density at radius 1 is 1.14 bits per heavy atom. The predicted octanol–water partition coefficient (Wildman–Crippen LogP) is 3.96. The van der Waals surface area contributed by atoms with E-state index in [1.807, 2.05) is 51.1 Å². The number of nitriles is 1. The number of nitrogens with one attached hydrogen (secondary N) is 2. The minimum Gasteiger partial charge on any atom is -0.333 e. The number of carbonyl (C=O) groups is 2. The van der Waals surface area contributed by atoms with E-state index in [9.17, 15) is 9.59 Å². The summed E-state index contributed by atoms with van der Waals surface area (Å²) in [5.74, 6) is 0.0723. The first-order chi connectivity index (χ1) is 13.2. The Labute approximate surface area is 165 Å². The number of urea groups is 1.